The van der Waals surface area contributed by atoms with Crippen LogP contribution in [-0.4, -0.2) is 27.4 Å². The lowest BCUT2D eigenvalue weighted by molar-refractivity contribution is 0.406. The maximum absolute atomic E-state index is 10.9. The van der Waals surface area contributed by atoms with E-state index >= 15 is 0 Å². The zero-order valence-corrected chi connectivity index (χ0v) is 9.15. The summed E-state index contributed by atoms with van der Waals surface area (Å²) in [5.41, 5.74) is 0. The molecule has 1 rings (SSSR count). The number of primary sulfonamides is 1. The maximum atomic E-state index is 10.9. The molecular weight excluding hydrogens is 208 g/mol. The van der Waals surface area contributed by atoms with E-state index in [-0.39, 0.29) is 4.21 Å². The van der Waals surface area contributed by atoms with Crippen LogP contribution in [0.4, 0.5) is 0 Å². The summed E-state index contributed by atoms with van der Waals surface area (Å²) < 4.78 is 22.0. The van der Waals surface area contributed by atoms with Crippen LogP contribution in [0.1, 0.15) is 4.88 Å². The van der Waals surface area contributed by atoms with Gasteiger partial charge in [-0.05, 0) is 26.2 Å². The van der Waals surface area contributed by atoms with Crippen LogP contribution in [0, 0.1) is 0 Å². The Morgan fingerprint density at radius 3 is 2.46 bits per heavy atom. The Morgan fingerprint density at radius 1 is 1.46 bits per heavy atom. The van der Waals surface area contributed by atoms with Crippen LogP contribution in [0.15, 0.2) is 16.3 Å². The van der Waals surface area contributed by atoms with Gasteiger partial charge in [-0.25, -0.2) is 13.6 Å². The first kappa shape index (κ1) is 10.6. The second-order valence-electron chi connectivity index (χ2n) is 3.00. The molecule has 1 aromatic rings. The molecular formula is C7H12N2O2S2. The highest BCUT2D eigenvalue weighted by Crippen LogP contribution is 2.20. The van der Waals surface area contributed by atoms with Crippen LogP contribution >= 0.6 is 11.3 Å². The fraction of sp³-hybridized carbons (Fsp3) is 0.429. The molecule has 0 bridgehead atoms. The van der Waals surface area contributed by atoms with Gasteiger partial charge in [0.1, 0.15) is 4.21 Å². The molecule has 0 aliphatic carbocycles. The van der Waals surface area contributed by atoms with Crippen LogP contribution in [0.3, 0.4) is 0 Å². The van der Waals surface area contributed by atoms with Gasteiger partial charge in [-0.2, -0.15) is 0 Å². The van der Waals surface area contributed by atoms with E-state index in [9.17, 15) is 8.42 Å². The summed E-state index contributed by atoms with van der Waals surface area (Å²) >= 11 is 1.21. The maximum Gasteiger partial charge on any atom is 0.247 e. The van der Waals surface area contributed by atoms with E-state index in [2.05, 4.69) is 0 Å². The van der Waals surface area contributed by atoms with E-state index in [1.54, 1.807) is 12.1 Å². The molecule has 74 valence electrons. The summed E-state index contributed by atoms with van der Waals surface area (Å²) in [7, 11) is 0.336. The molecule has 0 spiro atoms. The zero-order chi connectivity index (χ0) is 10.1. The minimum Gasteiger partial charge on any atom is -0.304 e. The molecule has 0 unspecified atom stereocenters. The van der Waals surface area contributed by atoms with E-state index in [1.807, 2.05) is 19.0 Å². The van der Waals surface area contributed by atoms with E-state index in [0.29, 0.717) is 0 Å². The predicted octanol–water partition coefficient (Wildman–Crippen LogP) is 0.457. The molecule has 4 nitrogen and oxygen atoms in total. The Bertz CT molecular complexity index is 381. The minimum absolute atomic E-state index is 0.226. The van der Waals surface area contributed by atoms with Gasteiger partial charge < -0.3 is 4.90 Å². The third kappa shape index (κ3) is 3.07. The number of nitrogens with zero attached hydrogens (tertiary/aromatic N) is 1. The average Bonchev–Trinajstić information content (AvgIpc) is 2.32. The molecule has 6 heteroatoms. The monoisotopic (exact) mass is 220 g/mol. The third-order valence-electron chi connectivity index (χ3n) is 1.39. The van der Waals surface area contributed by atoms with Crippen molar-refractivity contribution in [3.8, 4) is 0 Å². The predicted molar refractivity (Wildman–Crippen MR) is 53.1 cm³/mol. The van der Waals surface area contributed by atoms with Crippen molar-refractivity contribution in [1.29, 1.82) is 0 Å². The summed E-state index contributed by atoms with van der Waals surface area (Å²) in [6.07, 6.45) is 0. The molecule has 0 saturated heterocycles. The van der Waals surface area contributed by atoms with Crippen molar-refractivity contribution in [2.45, 2.75) is 10.8 Å². The second kappa shape index (κ2) is 3.75. The Balaban J connectivity index is 2.88. The van der Waals surface area contributed by atoms with Crippen molar-refractivity contribution < 1.29 is 8.42 Å². The van der Waals surface area contributed by atoms with Crippen molar-refractivity contribution in [2.24, 2.45) is 5.14 Å². The Morgan fingerprint density at radius 2 is 2.08 bits per heavy atom. The number of thiophene rings is 1. The van der Waals surface area contributed by atoms with Gasteiger partial charge in [-0.1, -0.05) is 0 Å². The van der Waals surface area contributed by atoms with Crippen LogP contribution in [0.2, 0.25) is 0 Å². The Labute approximate surface area is 82.0 Å². The van der Waals surface area contributed by atoms with Crippen molar-refractivity contribution in [3.63, 3.8) is 0 Å². The van der Waals surface area contributed by atoms with E-state index in [0.717, 1.165) is 11.4 Å². The van der Waals surface area contributed by atoms with Crippen LogP contribution in [0.25, 0.3) is 0 Å². The molecule has 0 aliphatic rings. The van der Waals surface area contributed by atoms with Crippen molar-refractivity contribution in [1.82, 2.24) is 4.90 Å². The lowest BCUT2D eigenvalue weighted by atomic mass is 10.4. The van der Waals surface area contributed by atoms with Gasteiger partial charge in [0, 0.05) is 11.4 Å². The van der Waals surface area contributed by atoms with E-state index in [4.69, 9.17) is 5.14 Å². The van der Waals surface area contributed by atoms with Gasteiger partial charge in [-0.15, -0.1) is 11.3 Å². The quantitative estimate of drug-likeness (QED) is 0.804. The van der Waals surface area contributed by atoms with Crippen molar-refractivity contribution >= 4 is 21.4 Å². The normalized spacial score (nSPS) is 12.3. The van der Waals surface area contributed by atoms with Gasteiger partial charge in [0.05, 0.1) is 0 Å². The summed E-state index contributed by atoms with van der Waals surface area (Å²) in [5.74, 6) is 0. The fourth-order valence-corrected chi connectivity index (χ4v) is 2.80. The minimum atomic E-state index is -3.52. The number of hydrogen-bond acceptors (Lipinski definition) is 4. The first-order valence-corrected chi connectivity index (χ1v) is 6.02. The first-order valence-electron chi connectivity index (χ1n) is 3.66. The van der Waals surface area contributed by atoms with Crippen LogP contribution < -0.4 is 5.14 Å². The third-order valence-corrected chi connectivity index (χ3v) is 3.90. The molecule has 0 aliphatic heterocycles. The largest absolute Gasteiger partial charge is 0.304 e. The number of rotatable bonds is 3. The number of sulfonamides is 1. The first-order chi connectivity index (χ1) is 5.89. The summed E-state index contributed by atoms with van der Waals surface area (Å²) in [6.45, 7) is 0.736. The van der Waals surface area contributed by atoms with Crippen LogP contribution in [0.5, 0.6) is 0 Å². The second-order valence-corrected chi connectivity index (χ2v) is 5.96. The topological polar surface area (TPSA) is 63.4 Å². The van der Waals surface area contributed by atoms with Gasteiger partial charge >= 0.3 is 0 Å². The summed E-state index contributed by atoms with van der Waals surface area (Å²) in [4.78, 5) is 2.97. The molecule has 13 heavy (non-hydrogen) atoms. The lowest BCUT2D eigenvalue weighted by Gasteiger charge is -2.05. The highest BCUT2D eigenvalue weighted by Gasteiger charge is 2.10. The van der Waals surface area contributed by atoms with Gasteiger partial charge in [0.2, 0.25) is 10.0 Å². The lowest BCUT2D eigenvalue weighted by Crippen LogP contribution is -2.10. The number of nitrogens with two attached hydrogens (primary N) is 1. The van der Waals surface area contributed by atoms with Gasteiger partial charge in [0.15, 0.2) is 0 Å². The molecule has 1 heterocycles. The summed E-state index contributed by atoms with van der Waals surface area (Å²) in [5, 5.41) is 4.97. The fourth-order valence-electron chi connectivity index (χ4n) is 0.908. The molecule has 2 N–H and O–H groups in total. The van der Waals surface area contributed by atoms with Crippen LogP contribution in [-0.2, 0) is 16.6 Å². The SMILES string of the molecule is CN(C)Cc1ccc(S(N)(=O)=O)s1. The zero-order valence-electron chi connectivity index (χ0n) is 7.52. The molecule has 0 saturated carbocycles. The van der Waals surface area contributed by atoms with Crippen molar-refractivity contribution in [3.05, 3.63) is 17.0 Å². The molecule has 0 radical (unpaired) electrons. The average molecular weight is 220 g/mol. The molecule has 0 fully saturated rings. The number of hydrogen-bond donors (Lipinski definition) is 1. The molecule has 0 amide bonds. The van der Waals surface area contributed by atoms with Gasteiger partial charge in [-0.3, -0.25) is 0 Å². The van der Waals surface area contributed by atoms with E-state index < -0.39 is 10.0 Å². The highest BCUT2D eigenvalue weighted by molar-refractivity contribution is 7.91. The Hall–Kier alpha value is -0.430. The smallest absolute Gasteiger partial charge is 0.247 e. The highest BCUT2D eigenvalue weighted by atomic mass is 32.2. The standard InChI is InChI=1S/C7H12N2O2S2/c1-9(2)5-6-3-4-7(12-6)13(8,10)11/h3-4H,5H2,1-2H3,(H2,8,10,11). The molecule has 1 aromatic heterocycles. The Kier molecular flexibility index (Phi) is 3.07. The van der Waals surface area contributed by atoms with Gasteiger partial charge in [0.25, 0.3) is 0 Å². The summed E-state index contributed by atoms with van der Waals surface area (Å²) in [6, 6.07) is 3.32. The molecule has 0 aromatic carbocycles. The van der Waals surface area contributed by atoms with E-state index in [1.165, 1.54) is 11.3 Å². The van der Waals surface area contributed by atoms with Crippen molar-refractivity contribution in [2.75, 3.05) is 14.1 Å². The molecule has 0 atom stereocenters.